The number of fused-ring (bicyclic) bond motifs is 1. The molecule has 1 atom stereocenters. The van der Waals surface area contributed by atoms with Crippen molar-refractivity contribution < 1.29 is 19.0 Å². The minimum Gasteiger partial charge on any atom is -0.493 e. The summed E-state index contributed by atoms with van der Waals surface area (Å²) in [5.74, 6) is 1.81. The summed E-state index contributed by atoms with van der Waals surface area (Å²) in [6.45, 7) is 6.02. The summed E-state index contributed by atoms with van der Waals surface area (Å²) in [6.07, 6.45) is 0.698. The minimum atomic E-state index is -0.345. The molecule has 0 unspecified atom stereocenters. The highest BCUT2D eigenvalue weighted by atomic mass is 16.5. The van der Waals surface area contributed by atoms with Crippen LogP contribution in [0.3, 0.4) is 0 Å². The molecule has 1 aliphatic heterocycles. The van der Waals surface area contributed by atoms with Gasteiger partial charge in [-0.3, -0.25) is 4.79 Å². The summed E-state index contributed by atoms with van der Waals surface area (Å²) in [7, 11) is 1.57. The molecule has 0 fully saturated rings. The summed E-state index contributed by atoms with van der Waals surface area (Å²) < 4.78 is 16.9. The number of nitrogens with one attached hydrogen (secondary N) is 1. The van der Waals surface area contributed by atoms with E-state index < -0.39 is 0 Å². The van der Waals surface area contributed by atoms with Crippen molar-refractivity contribution in [3.05, 3.63) is 53.6 Å². The van der Waals surface area contributed by atoms with E-state index in [1.54, 1.807) is 19.2 Å². The Morgan fingerprint density at radius 1 is 1.23 bits per heavy atom. The van der Waals surface area contributed by atoms with Crippen LogP contribution in [0.4, 0.5) is 0 Å². The molecule has 1 N–H and O–H groups in total. The molecule has 1 aliphatic rings. The number of amides is 1. The average Bonchev–Trinajstić information content (AvgIpc) is 2.58. The van der Waals surface area contributed by atoms with Crippen molar-refractivity contribution in [2.24, 2.45) is 0 Å². The number of methoxy groups -OCH3 is 1. The Morgan fingerprint density at radius 3 is 2.69 bits per heavy atom. The molecule has 0 radical (unpaired) electrons. The standard InChI is InChI=1S/C21H25NO4/c1-14-9-10-15-16(12-21(2,3)26-19(15)11-14)22-20(23)13-25-18-8-6-5-7-17(18)24-4/h5-11,16H,12-13H2,1-4H3,(H,22,23)/t16-/m1/s1. The van der Waals surface area contributed by atoms with Crippen molar-refractivity contribution in [3.8, 4) is 17.2 Å². The Morgan fingerprint density at radius 2 is 1.96 bits per heavy atom. The van der Waals surface area contributed by atoms with E-state index in [2.05, 4.69) is 5.32 Å². The Labute approximate surface area is 154 Å². The molecule has 1 amide bonds. The molecule has 5 nitrogen and oxygen atoms in total. The maximum Gasteiger partial charge on any atom is 0.258 e. The first kappa shape index (κ1) is 18.1. The van der Waals surface area contributed by atoms with Gasteiger partial charge in [-0.1, -0.05) is 24.3 Å². The highest BCUT2D eigenvalue weighted by molar-refractivity contribution is 5.78. The fraction of sp³-hybridized carbons (Fsp3) is 0.381. The lowest BCUT2D eigenvalue weighted by Crippen LogP contribution is -2.42. The summed E-state index contributed by atoms with van der Waals surface area (Å²) >= 11 is 0. The van der Waals surface area contributed by atoms with Crippen LogP contribution in [0.15, 0.2) is 42.5 Å². The molecule has 1 heterocycles. The number of hydrogen-bond acceptors (Lipinski definition) is 4. The second-order valence-corrected chi connectivity index (χ2v) is 7.17. The summed E-state index contributed by atoms with van der Waals surface area (Å²) in [4.78, 5) is 12.5. The lowest BCUT2D eigenvalue weighted by molar-refractivity contribution is -0.124. The molecule has 0 spiro atoms. The van der Waals surface area contributed by atoms with Gasteiger partial charge in [0.2, 0.25) is 0 Å². The van der Waals surface area contributed by atoms with Crippen molar-refractivity contribution in [3.63, 3.8) is 0 Å². The number of hydrogen-bond donors (Lipinski definition) is 1. The zero-order valence-corrected chi connectivity index (χ0v) is 15.7. The normalized spacial score (nSPS) is 17.6. The molecule has 5 heteroatoms. The Bertz CT molecular complexity index is 800. The quantitative estimate of drug-likeness (QED) is 0.886. The van der Waals surface area contributed by atoms with Crippen LogP contribution in [0.25, 0.3) is 0 Å². The van der Waals surface area contributed by atoms with Gasteiger partial charge in [0, 0.05) is 12.0 Å². The number of aryl methyl sites for hydroxylation is 1. The van der Waals surface area contributed by atoms with Crippen molar-refractivity contribution in [1.29, 1.82) is 0 Å². The molecule has 0 saturated heterocycles. The predicted octanol–water partition coefficient (Wildman–Crippen LogP) is 3.80. The number of benzene rings is 2. The first-order chi connectivity index (χ1) is 12.4. The highest BCUT2D eigenvalue weighted by Gasteiger charge is 2.34. The van der Waals surface area contributed by atoms with E-state index in [1.807, 2.05) is 51.1 Å². The van der Waals surface area contributed by atoms with Crippen LogP contribution in [0.2, 0.25) is 0 Å². The fourth-order valence-corrected chi connectivity index (χ4v) is 3.20. The van der Waals surface area contributed by atoms with Crippen LogP contribution in [-0.2, 0) is 4.79 Å². The van der Waals surface area contributed by atoms with Gasteiger partial charge in [-0.2, -0.15) is 0 Å². The Balaban J connectivity index is 1.69. The van der Waals surface area contributed by atoms with Gasteiger partial charge in [0.15, 0.2) is 18.1 Å². The third-order valence-electron chi connectivity index (χ3n) is 4.39. The van der Waals surface area contributed by atoms with E-state index in [9.17, 15) is 4.79 Å². The van der Waals surface area contributed by atoms with Gasteiger partial charge in [-0.25, -0.2) is 0 Å². The molecule has 0 aromatic heterocycles. The molecule has 2 aromatic carbocycles. The van der Waals surface area contributed by atoms with E-state index in [1.165, 1.54) is 0 Å². The molecule has 26 heavy (non-hydrogen) atoms. The van der Waals surface area contributed by atoms with Crippen LogP contribution < -0.4 is 19.5 Å². The van der Waals surface area contributed by atoms with Gasteiger partial charge < -0.3 is 19.5 Å². The SMILES string of the molecule is COc1ccccc1OCC(=O)N[C@@H]1CC(C)(C)Oc2cc(C)ccc21. The second kappa shape index (κ2) is 7.28. The average molecular weight is 355 g/mol. The minimum absolute atomic E-state index is 0.0701. The molecule has 3 rings (SSSR count). The van der Waals surface area contributed by atoms with Crippen LogP contribution in [0.5, 0.6) is 17.2 Å². The van der Waals surface area contributed by atoms with Gasteiger partial charge in [0.25, 0.3) is 5.91 Å². The number of carbonyl (C=O) groups is 1. The summed E-state index contributed by atoms with van der Waals surface area (Å²) in [5.41, 5.74) is 1.79. The van der Waals surface area contributed by atoms with E-state index in [4.69, 9.17) is 14.2 Å². The number of rotatable bonds is 5. The summed E-state index contributed by atoms with van der Waals surface area (Å²) in [6, 6.07) is 13.2. The first-order valence-electron chi connectivity index (χ1n) is 8.73. The van der Waals surface area contributed by atoms with Gasteiger partial charge in [-0.05, 0) is 44.5 Å². The molecule has 2 aromatic rings. The second-order valence-electron chi connectivity index (χ2n) is 7.17. The maximum atomic E-state index is 12.5. The van der Waals surface area contributed by atoms with Crippen LogP contribution in [0.1, 0.15) is 37.4 Å². The molecule has 0 aliphatic carbocycles. The van der Waals surface area contributed by atoms with Crippen LogP contribution in [0, 0.1) is 6.92 Å². The molecular weight excluding hydrogens is 330 g/mol. The van der Waals surface area contributed by atoms with Gasteiger partial charge in [0.05, 0.1) is 13.2 Å². The first-order valence-corrected chi connectivity index (χ1v) is 8.73. The zero-order valence-electron chi connectivity index (χ0n) is 15.7. The smallest absolute Gasteiger partial charge is 0.258 e. The van der Waals surface area contributed by atoms with E-state index in [0.717, 1.165) is 16.9 Å². The summed E-state index contributed by atoms with van der Waals surface area (Å²) in [5, 5.41) is 3.07. The zero-order chi connectivity index (χ0) is 18.7. The molecule has 0 saturated carbocycles. The lowest BCUT2D eigenvalue weighted by atomic mass is 9.89. The molecular formula is C21H25NO4. The van der Waals surface area contributed by atoms with Crippen molar-refractivity contribution in [2.45, 2.75) is 38.8 Å². The van der Waals surface area contributed by atoms with Gasteiger partial charge in [0.1, 0.15) is 11.4 Å². The fourth-order valence-electron chi connectivity index (χ4n) is 3.20. The molecule has 138 valence electrons. The number of carbonyl (C=O) groups excluding carboxylic acids is 1. The van der Waals surface area contributed by atoms with E-state index in [-0.39, 0.29) is 24.2 Å². The third kappa shape index (κ3) is 4.10. The van der Waals surface area contributed by atoms with Crippen LogP contribution >= 0.6 is 0 Å². The van der Waals surface area contributed by atoms with Crippen molar-refractivity contribution in [2.75, 3.05) is 13.7 Å². The lowest BCUT2D eigenvalue weighted by Gasteiger charge is -2.38. The Hall–Kier alpha value is -2.69. The van der Waals surface area contributed by atoms with Gasteiger partial charge in [-0.15, -0.1) is 0 Å². The van der Waals surface area contributed by atoms with Crippen molar-refractivity contribution in [1.82, 2.24) is 5.32 Å². The van der Waals surface area contributed by atoms with Gasteiger partial charge >= 0.3 is 0 Å². The highest BCUT2D eigenvalue weighted by Crippen LogP contribution is 2.39. The monoisotopic (exact) mass is 355 g/mol. The van der Waals surface area contributed by atoms with Crippen molar-refractivity contribution >= 4 is 5.91 Å². The van der Waals surface area contributed by atoms with E-state index >= 15 is 0 Å². The van der Waals surface area contributed by atoms with E-state index in [0.29, 0.717) is 17.9 Å². The molecule has 0 bridgehead atoms. The number of ether oxygens (including phenoxy) is 3. The largest absolute Gasteiger partial charge is 0.493 e. The number of para-hydroxylation sites is 2. The maximum absolute atomic E-state index is 12.5. The third-order valence-corrected chi connectivity index (χ3v) is 4.39. The van der Waals surface area contributed by atoms with Crippen LogP contribution in [-0.4, -0.2) is 25.2 Å². The topological polar surface area (TPSA) is 56.8 Å². The Kier molecular flexibility index (Phi) is 5.07. The predicted molar refractivity (Wildman–Crippen MR) is 99.9 cm³/mol.